The van der Waals surface area contributed by atoms with E-state index in [1.54, 1.807) is 4.90 Å². The fraction of sp³-hybridized carbons (Fsp3) is 0.909. The molecule has 1 amide bonds. The maximum atomic E-state index is 11.8. The topological polar surface area (TPSA) is 49.8 Å². The van der Waals surface area contributed by atoms with Gasteiger partial charge in [0.1, 0.15) is 5.60 Å². The Kier molecular flexibility index (Phi) is 3.60. The molecule has 1 fully saturated rings. The van der Waals surface area contributed by atoms with E-state index in [1.165, 1.54) is 0 Å². The van der Waals surface area contributed by atoms with Crippen molar-refractivity contribution in [2.75, 3.05) is 13.2 Å². The van der Waals surface area contributed by atoms with E-state index in [0.717, 1.165) is 6.42 Å². The van der Waals surface area contributed by atoms with Crippen LogP contribution in [0.1, 0.15) is 34.1 Å². The van der Waals surface area contributed by atoms with Crippen LogP contribution >= 0.6 is 0 Å². The molecule has 1 N–H and O–H groups in total. The number of hydrogen-bond acceptors (Lipinski definition) is 3. The van der Waals surface area contributed by atoms with Crippen molar-refractivity contribution in [2.45, 2.75) is 45.8 Å². The van der Waals surface area contributed by atoms with E-state index in [0.29, 0.717) is 12.5 Å². The van der Waals surface area contributed by atoms with Crippen LogP contribution in [0.15, 0.2) is 0 Å². The smallest absolute Gasteiger partial charge is 0.410 e. The highest BCUT2D eigenvalue weighted by molar-refractivity contribution is 5.69. The number of likely N-dealkylation sites (tertiary alicyclic amines) is 1. The van der Waals surface area contributed by atoms with Crippen LogP contribution in [-0.2, 0) is 4.74 Å². The van der Waals surface area contributed by atoms with Crippen molar-refractivity contribution in [3.8, 4) is 0 Å². The minimum atomic E-state index is -0.469. The molecule has 88 valence electrons. The molecule has 15 heavy (non-hydrogen) atoms. The summed E-state index contributed by atoms with van der Waals surface area (Å²) in [7, 11) is 0. The third kappa shape index (κ3) is 3.38. The molecule has 1 heterocycles. The largest absolute Gasteiger partial charge is 0.444 e. The van der Waals surface area contributed by atoms with Crippen molar-refractivity contribution in [2.24, 2.45) is 5.92 Å². The SMILES string of the molecule is C[C@@H]1CC(CO)N(C(=O)OC(C)(C)C)C1. The second-order valence-electron chi connectivity index (χ2n) is 5.31. The van der Waals surface area contributed by atoms with Crippen LogP contribution in [0.3, 0.4) is 0 Å². The van der Waals surface area contributed by atoms with Gasteiger partial charge in [-0.15, -0.1) is 0 Å². The number of carbonyl (C=O) groups is 1. The van der Waals surface area contributed by atoms with Gasteiger partial charge in [0.15, 0.2) is 0 Å². The van der Waals surface area contributed by atoms with Gasteiger partial charge < -0.3 is 14.7 Å². The second-order valence-corrected chi connectivity index (χ2v) is 5.31. The van der Waals surface area contributed by atoms with E-state index in [4.69, 9.17) is 9.84 Å². The summed E-state index contributed by atoms with van der Waals surface area (Å²) in [5, 5.41) is 9.15. The Hall–Kier alpha value is -0.770. The summed E-state index contributed by atoms with van der Waals surface area (Å²) in [4.78, 5) is 13.4. The molecule has 4 heteroatoms. The number of ether oxygens (including phenoxy) is 1. The number of nitrogens with zero attached hydrogens (tertiary/aromatic N) is 1. The number of rotatable bonds is 1. The molecule has 1 saturated heterocycles. The highest BCUT2D eigenvalue weighted by Gasteiger charge is 2.35. The lowest BCUT2D eigenvalue weighted by Crippen LogP contribution is -2.41. The number of amides is 1. The first-order valence-electron chi connectivity index (χ1n) is 5.44. The van der Waals surface area contributed by atoms with Crippen LogP contribution in [0.4, 0.5) is 4.79 Å². The first-order valence-corrected chi connectivity index (χ1v) is 5.44. The van der Waals surface area contributed by atoms with E-state index in [9.17, 15) is 4.79 Å². The lowest BCUT2D eigenvalue weighted by atomic mass is 10.1. The quantitative estimate of drug-likeness (QED) is 0.723. The normalized spacial score (nSPS) is 26.9. The van der Waals surface area contributed by atoms with Crippen LogP contribution in [0, 0.1) is 5.92 Å². The minimum Gasteiger partial charge on any atom is -0.444 e. The summed E-state index contributed by atoms with van der Waals surface area (Å²) in [6.45, 7) is 8.31. The number of carbonyl (C=O) groups excluding carboxylic acids is 1. The Morgan fingerprint density at radius 1 is 1.53 bits per heavy atom. The highest BCUT2D eigenvalue weighted by atomic mass is 16.6. The predicted octanol–water partition coefficient (Wildman–Crippen LogP) is 1.62. The van der Waals surface area contributed by atoms with Gasteiger partial charge in [0.05, 0.1) is 12.6 Å². The second kappa shape index (κ2) is 4.39. The Balaban J connectivity index is 2.59. The van der Waals surface area contributed by atoms with Crippen LogP contribution < -0.4 is 0 Å². The molecule has 2 atom stereocenters. The van der Waals surface area contributed by atoms with Crippen molar-refractivity contribution >= 4 is 6.09 Å². The maximum absolute atomic E-state index is 11.8. The van der Waals surface area contributed by atoms with Crippen molar-refractivity contribution < 1.29 is 14.6 Å². The molecule has 0 aromatic rings. The van der Waals surface area contributed by atoms with E-state index < -0.39 is 5.60 Å². The van der Waals surface area contributed by atoms with Gasteiger partial charge in [0.25, 0.3) is 0 Å². The molecule has 0 aromatic heterocycles. The summed E-state index contributed by atoms with van der Waals surface area (Å²) < 4.78 is 5.28. The van der Waals surface area contributed by atoms with Crippen LogP contribution in [0.5, 0.6) is 0 Å². The Bertz CT molecular complexity index is 234. The van der Waals surface area contributed by atoms with Gasteiger partial charge in [0.2, 0.25) is 0 Å². The maximum Gasteiger partial charge on any atom is 0.410 e. The average molecular weight is 215 g/mol. The number of aliphatic hydroxyl groups excluding tert-OH is 1. The Morgan fingerprint density at radius 2 is 2.13 bits per heavy atom. The lowest BCUT2D eigenvalue weighted by molar-refractivity contribution is 0.0173. The monoisotopic (exact) mass is 215 g/mol. The zero-order valence-corrected chi connectivity index (χ0v) is 9.99. The molecule has 1 unspecified atom stereocenters. The van der Waals surface area contributed by atoms with Crippen molar-refractivity contribution in [3.63, 3.8) is 0 Å². The average Bonchev–Trinajstić information content (AvgIpc) is 2.43. The predicted molar refractivity (Wildman–Crippen MR) is 57.6 cm³/mol. The van der Waals surface area contributed by atoms with Crippen LogP contribution in [0.25, 0.3) is 0 Å². The van der Waals surface area contributed by atoms with E-state index >= 15 is 0 Å². The fourth-order valence-corrected chi connectivity index (χ4v) is 1.87. The molecule has 1 aliphatic rings. The number of hydrogen-bond donors (Lipinski definition) is 1. The Labute approximate surface area is 91.2 Å². The zero-order valence-electron chi connectivity index (χ0n) is 9.99. The standard InChI is InChI=1S/C11H21NO3/c1-8-5-9(7-13)12(6-8)10(14)15-11(2,3)4/h8-9,13H,5-7H2,1-4H3/t8-,9?/m1/s1. The first-order chi connectivity index (χ1) is 6.83. The van der Waals surface area contributed by atoms with E-state index in [2.05, 4.69) is 6.92 Å². The van der Waals surface area contributed by atoms with E-state index in [-0.39, 0.29) is 18.7 Å². The molecule has 0 bridgehead atoms. The molecule has 0 saturated carbocycles. The van der Waals surface area contributed by atoms with Gasteiger partial charge >= 0.3 is 6.09 Å². The molecule has 1 rings (SSSR count). The van der Waals surface area contributed by atoms with Crippen molar-refractivity contribution in [3.05, 3.63) is 0 Å². The molecule has 4 nitrogen and oxygen atoms in total. The zero-order chi connectivity index (χ0) is 11.6. The summed E-state index contributed by atoms with van der Waals surface area (Å²) >= 11 is 0. The molecule has 0 aromatic carbocycles. The number of aliphatic hydroxyl groups is 1. The molecule has 0 aliphatic carbocycles. The molecule has 1 aliphatic heterocycles. The van der Waals surface area contributed by atoms with Crippen LogP contribution in [-0.4, -0.2) is 40.9 Å². The fourth-order valence-electron chi connectivity index (χ4n) is 1.87. The molecule has 0 radical (unpaired) electrons. The van der Waals surface area contributed by atoms with Crippen molar-refractivity contribution in [1.29, 1.82) is 0 Å². The molecule has 0 spiro atoms. The molecular formula is C11H21NO3. The summed E-state index contributed by atoms with van der Waals surface area (Å²) in [5.74, 6) is 0.440. The third-order valence-corrected chi connectivity index (χ3v) is 2.46. The van der Waals surface area contributed by atoms with Gasteiger partial charge in [-0.25, -0.2) is 4.79 Å². The van der Waals surface area contributed by atoms with E-state index in [1.807, 2.05) is 20.8 Å². The van der Waals surface area contributed by atoms with Gasteiger partial charge in [-0.3, -0.25) is 0 Å². The Morgan fingerprint density at radius 3 is 2.60 bits per heavy atom. The van der Waals surface area contributed by atoms with Gasteiger partial charge in [-0.2, -0.15) is 0 Å². The van der Waals surface area contributed by atoms with Crippen molar-refractivity contribution in [1.82, 2.24) is 4.90 Å². The summed E-state index contributed by atoms with van der Waals surface area (Å²) in [6.07, 6.45) is 0.543. The van der Waals surface area contributed by atoms with Gasteiger partial charge in [0, 0.05) is 6.54 Å². The summed E-state index contributed by atoms with van der Waals surface area (Å²) in [5.41, 5.74) is -0.469. The lowest BCUT2D eigenvalue weighted by Gasteiger charge is -2.27. The summed E-state index contributed by atoms with van der Waals surface area (Å²) in [6, 6.07) is -0.0742. The van der Waals surface area contributed by atoms with Crippen LogP contribution in [0.2, 0.25) is 0 Å². The third-order valence-electron chi connectivity index (χ3n) is 2.46. The molecular weight excluding hydrogens is 194 g/mol. The first kappa shape index (κ1) is 12.3. The highest BCUT2D eigenvalue weighted by Crippen LogP contribution is 2.24. The van der Waals surface area contributed by atoms with Gasteiger partial charge in [-0.1, -0.05) is 6.92 Å². The van der Waals surface area contributed by atoms with Gasteiger partial charge in [-0.05, 0) is 33.1 Å². The minimum absolute atomic E-state index is 0.0174.